The molecule has 0 radical (unpaired) electrons. The van der Waals surface area contributed by atoms with Crippen LogP contribution in [0.3, 0.4) is 0 Å². The van der Waals surface area contributed by atoms with E-state index in [0.29, 0.717) is 80.5 Å². The lowest BCUT2D eigenvalue weighted by Crippen LogP contribution is -2.62. The van der Waals surface area contributed by atoms with E-state index in [4.69, 9.17) is 28.2 Å². The quantitative estimate of drug-likeness (QED) is 0.0182. The molecule has 0 saturated carbocycles. The highest BCUT2D eigenvalue weighted by atomic mass is 31.2. The summed E-state index contributed by atoms with van der Waals surface area (Å²) in [5.74, 6) is -11.4. The molecule has 6 heterocycles. The molecule has 8 rings (SSSR count). The fraction of sp³-hybridized carbons (Fsp3) is 0.585. The third-order valence-corrected chi connectivity index (χ3v) is 24.9. The van der Waals surface area contributed by atoms with Crippen molar-refractivity contribution in [2.24, 2.45) is 35.5 Å². The lowest BCUT2D eigenvalue weighted by molar-refractivity contribution is -0.194. The van der Waals surface area contributed by atoms with E-state index in [0.717, 1.165) is 25.7 Å². The van der Waals surface area contributed by atoms with Gasteiger partial charge in [-0.05, 0) is 170 Å². The van der Waals surface area contributed by atoms with Crippen LogP contribution in [0.4, 0.5) is 0 Å². The Kier molecular flexibility index (Phi) is 46.8. The molecule has 12 N–H and O–H groups in total. The number of aromatic hydroxyl groups is 2. The smallest absolute Gasteiger partial charge is 0.340 e. The van der Waals surface area contributed by atoms with Crippen molar-refractivity contribution in [1.82, 2.24) is 52.3 Å². The number of nitrogens with zero attached hydrogens (tertiary/aromatic N) is 4. The first-order valence-electron chi connectivity index (χ1n) is 45.2. The minimum Gasteiger partial charge on any atom is -0.508 e. The molecule has 8 amide bonds. The maximum absolute atomic E-state index is 14.3. The molecule has 0 aromatic heterocycles. The van der Waals surface area contributed by atoms with E-state index in [1.165, 1.54) is 82.6 Å². The summed E-state index contributed by atoms with van der Waals surface area (Å²) >= 11 is 0. The molecule has 0 aliphatic carbocycles. The van der Waals surface area contributed by atoms with Gasteiger partial charge in [0.25, 0.3) is 23.6 Å². The van der Waals surface area contributed by atoms with Gasteiger partial charge in [0.15, 0.2) is 0 Å². The molecule has 131 heavy (non-hydrogen) atoms. The predicted molar refractivity (Wildman–Crippen MR) is 484 cm³/mol. The topological polar surface area (TPSA) is 501 Å². The monoisotopic (exact) mass is 1850 g/mol. The summed E-state index contributed by atoms with van der Waals surface area (Å²) in [6.07, 6.45) is 17.3. The molecule has 37 heteroatoms. The number of phenolic OH excluding ortho intramolecular Hbond substituents is 2. The van der Waals surface area contributed by atoms with Crippen molar-refractivity contribution in [3.05, 3.63) is 144 Å². The fourth-order valence-electron chi connectivity index (χ4n) is 15.1. The normalized spacial score (nSPS) is 27.9. The van der Waals surface area contributed by atoms with Crippen LogP contribution in [-0.2, 0) is 108 Å². The second-order valence-electron chi connectivity index (χ2n) is 34.2. The maximum atomic E-state index is 14.3. The number of nitrogens with one attached hydrogen (secondary N) is 6. The number of amides is 8. The van der Waals surface area contributed by atoms with Crippen LogP contribution in [0.25, 0.3) is 0 Å². The Balaban J connectivity index is 0.000000344. The van der Waals surface area contributed by atoms with Crippen molar-refractivity contribution in [1.29, 1.82) is 0 Å². The molecular formula is C94H137N10O26P. The SMILES string of the molecule is CC(=O)CC[C@H]1C(=O)N[C@@H](C(C)C)C(=O)N[C@@H](Cc2cccc(O)c2)C(=O)N2CCCC(N2)C(=O)O[C@H](/C(C)=C/C=C/C(=O)N2CCCCO2)C/C=C/C=C/[C@H](O)[C@H](C)[C@H]1O.CC(=O)CC[C@H]1C(=O)N[C@@H](C(C)C)C(=O)N[C@@H](Cc2cccc(O)c2)C(=O)N2CCCC(N2)C(=O)O[C@H](/C(C)=C/C=O)C/C=C/C=C/[C@H](O)[C@H](C)[C@H]1O.CCOP(=O)(CC(=O)N1CCCCO1)OCC. The van der Waals surface area contributed by atoms with Crippen LogP contribution in [0.15, 0.2) is 133 Å². The molecule has 36 nitrogen and oxygen atoms in total. The molecule has 4 bridgehead atoms. The summed E-state index contributed by atoms with van der Waals surface area (Å²) in [6.45, 7) is 22.5. The third-order valence-electron chi connectivity index (χ3n) is 22.9. The zero-order chi connectivity index (χ0) is 96.6. The minimum absolute atomic E-state index is 0.0247. The molecule has 0 spiro atoms. The third kappa shape index (κ3) is 36.3. The van der Waals surface area contributed by atoms with E-state index in [9.17, 15) is 97.5 Å². The highest BCUT2D eigenvalue weighted by molar-refractivity contribution is 7.54. The number of aldehydes is 1. The maximum Gasteiger partial charge on any atom is 0.340 e. The number of rotatable bonds is 23. The van der Waals surface area contributed by atoms with Gasteiger partial charge in [0, 0.05) is 82.6 Å². The summed E-state index contributed by atoms with van der Waals surface area (Å²) in [7, 11) is -3.31. The minimum atomic E-state index is -3.31. The molecule has 4 saturated heterocycles. The number of carbonyl (C=O) groups excluding carboxylic acids is 13. The highest BCUT2D eigenvalue weighted by Gasteiger charge is 2.43. The number of phenols is 2. The summed E-state index contributed by atoms with van der Waals surface area (Å²) in [6, 6.07) is 5.81. The zero-order valence-electron chi connectivity index (χ0n) is 77.3. The van der Waals surface area contributed by atoms with E-state index < -0.39 is 163 Å². The lowest BCUT2D eigenvalue weighted by atomic mass is 9.84. The van der Waals surface area contributed by atoms with E-state index in [-0.39, 0.29) is 119 Å². The van der Waals surface area contributed by atoms with Crippen LogP contribution >= 0.6 is 7.60 Å². The Labute approximate surface area is 767 Å². The van der Waals surface area contributed by atoms with Gasteiger partial charge in [0.1, 0.15) is 84.0 Å². The number of aliphatic hydroxyl groups is 4. The summed E-state index contributed by atoms with van der Waals surface area (Å²) in [5, 5.41) is 81.3. The van der Waals surface area contributed by atoms with Gasteiger partial charge in [-0.25, -0.2) is 21.0 Å². The number of carbonyl (C=O) groups is 13. The van der Waals surface area contributed by atoms with E-state index in [1.54, 1.807) is 142 Å². The van der Waals surface area contributed by atoms with Crippen molar-refractivity contribution in [3.8, 4) is 11.5 Å². The Morgan fingerprint density at radius 2 is 0.969 bits per heavy atom. The van der Waals surface area contributed by atoms with Crippen molar-refractivity contribution in [3.63, 3.8) is 0 Å². The molecule has 2 aromatic rings. The second kappa shape index (κ2) is 55.9. The molecule has 6 aliphatic heterocycles. The van der Waals surface area contributed by atoms with Crippen LogP contribution in [-0.4, -0.2) is 259 Å². The number of ketones is 2. The van der Waals surface area contributed by atoms with Gasteiger partial charge in [-0.15, -0.1) is 0 Å². The number of hydrazine groups is 2. The van der Waals surface area contributed by atoms with E-state index in [1.807, 2.05) is 0 Å². The van der Waals surface area contributed by atoms with Crippen LogP contribution < -0.4 is 32.1 Å². The molecule has 2 aromatic carbocycles. The zero-order valence-corrected chi connectivity index (χ0v) is 78.2. The van der Waals surface area contributed by atoms with Crippen molar-refractivity contribution >= 4 is 84.6 Å². The average molecular weight is 1850 g/mol. The number of hydrogen-bond acceptors (Lipinski definition) is 28. The number of hydroxylamine groups is 4. The fourth-order valence-corrected chi connectivity index (χ4v) is 16.6. The van der Waals surface area contributed by atoms with E-state index >= 15 is 0 Å². The first-order chi connectivity index (χ1) is 62.3. The number of cyclic esters (lactones) is 2. The Bertz CT molecular complexity index is 4410. The van der Waals surface area contributed by atoms with Crippen LogP contribution in [0.5, 0.6) is 11.5 Å². The van der Waals surface area contributed by atoms with Gasteiger partial charge in [0.05, 0.1) is 62.7 Å². The molecule has 6 aliphatic rings. The van der Waals surface area contributed by atoms with Gasteiger partial charge in [-0.3, -0.25) is 77.0 Å². The number of aliphatic hydroxyl groups excluding tert-OH is 4. The van der Waals surface area contributed by atoms with E-state index in [2.05, 4.69) is 32.1 Å². The highest BCUT2D eigenvalue weighted by Crippen LogP contribution is 2.48. The Hall–Kier alpha value is -10.2. The van der Waals surface area contributed by atoms with Crippen molar-refractivity contribution < 1.29 is 126 Å². The van der Waals surface area contributed by atoms with Gasteiger partial charge in [-0.2, -0.15) is 0 Å². The van der Waals surface area contributed by atoms with Crippen LogP contribution in [0.2, 0.25) is 0 Å². The van der Waals surface area contributed by atoms with Crippen molar-refractivity contribution in [2.45, 2.75) is 259 Å². The van der Waals surface area contributed by atoms with Gasteiger partial charge in [-0.1, -0.05) is 127 Å². The summed E-state index contributed by atoms with van der Waals surface area (Å²) < 4.78 is 34.1. The van der Waals surface area contributed by atoms with Gasteiger partial charge in [0.2, 0.25) is 23.6 Å². The molecular weight excluding hydrogens is 1720 g/mol. The number of hydrogen-bond donors (Lipinski definition) is 12. The summed E-state index contributed by atoms with van der Waals surface area (Å²) in [5.41, 5.74) is 8.11. The van der Waals surface area contributed by atoms with Crippen LogP contribution in [0.1, 0.15) is 184 Å². The largest absolute Gasteiger partial charge is 0.508 e. The Morgan fingerprint density at radius 3 is 1.35 bits per heavy atom. The molecule has 2 unspecified atom stereocenters. The predicted octanol–water partition coefficient (Wildman–Crippen LogP) is 6.66. The number of allylic oxidation sites excluding steroid dienone is 7. The molecule has 16 atom stereocenters. The van der Waals surface area contributed by atoms with Gasteiger partial charge < -0.3 is 80.0 Å². The summed E-state index contributed by atoms with van der Waals surface area (Å²) in [4.78, 5) is 182. The number of esters is 2. The number of ether oxygens (including phenoxy) is 2. The Morgan fingerprint density at radius 1 is 0.550 bits per heavy atom. The lowest BCUT2D eigenvalue weighted by Gasteiger charge is -2.36. The number of benzene rings is 2. The first-order valence-corrected chi connectivity index (χ1v) is 47.0. The number of fused-ring (bicyclic) bond motifs is 4. The standard InChI is InChI=1S/C45H63N5O11.C39H54N4O10.C10H20NO5P/c1-28(2)40-43(57)46-36(27-32-15-12-16-33(52)26-32)44(58)49-23-13-17-35(48-49)45(59)61-38(29(3)14-11-20-39(54)50-24-9-10-25-60-50)19-8-6-7-18-37(53)31(5)41(55)34(42(56)47-40)22-21-30(4)51;1-23(2)34-37(50)40-31(22-27-11-9-12-28(46)21-27)38(51)43-19-10-13-30(42-43)39(52)53-33(24(3)18-20-44)15-8-6-7-14-32(47)26(5)35(48)29(36(49)41-34)17-16-25(4)45;1-3-15-17(13,16-4-2)9-10(12)11-7-5-6-8-14-11/h6-8,11-12,14-16,18,20,26,28,31,34-38,40-41,48,52-53,55H,9-10,13,17,19,21-25,27H2,1-5H3,(H,46,57)(H,47,56);6-9,11-12,14,18,20-21,23,26,29-35,42,46-48H,10,13,15-17,19,22H2,1-5H3,(H,40,50)(H,41,49);3-9H2,1-2H3/b8-6+,18-7+,20-11+,29-14+;8-6+,14-7+,24-18+;/t31-,34+,35?,36-,37-,38-,40-,41+;26-,29+,30?,31-,32-,33-,34-,35+;/m00./s1. The first kappa shape index (κ1) is 110. The van der Waals surface area contributed by atoms with Crippen LogP contribution in [0, 0.1) is 35.5 Å². The van der Waals surface area contributed by atoms with Crippen molar-refractivity contribution in [2.75, 3.05) is 58.8 Å². The molecule has 724 valence electrons. The van der Waals surface area contributed by atoms with Gasteiger partial charge >= 0.3 is 19.5 Å². The average Bonchev–Trinajstić information content (AvgIpc) is 0.817. The molecule has 4 fully saturated rings. The number of Topliss-reactive ketones (excluding diaryl/α,β-unsaturated/α-hetero) is 2. The second-order valence-corrected chi connectivity index (χ2v) is 36.3.